The van der Waals surface area contributed by atoms with E-state index >= 15 is 0 Å². The Labute approximate surface area is 212 Å². The van der Waals surface area contributed by atoms with Crippen molar-refractivity contribution in [1.82, 2.24) is 0 Å². The van der Waals surface area contributed by atoms with Gasteiger partial charge >= 0.3 is 0 Å². The first-order chi connectivity index (χ1) is 16.7. The smallest absolute Gasteiger partial charge is 0.261 e. The first-order valence-corrected chi connectivity index (χ1v) is 12.9. The second-order valence-electron chi connectivity index (χ2n) is 7.84. The highest BCUT2D eigenvalue weighted by Gasteiger charge is 2.18. The number of hydrogen-bond donors (Lipinski definition) is 2. The average molecular weight is 549 g/mol. The maximum Gasteiger partial charge on any atom is 0.261 e. The van der Waals surface area contributed by atoms with Gasteiger partial charge in [-0.05, 0) is 61.5 Å². The molecule has 2 N–H and O–H groups in total. The molecule has 4 aromatic carbocycles. The van der Waals surface area contributed by atoms with Crippen molar-refractivity contribution in [3.05, 3.63) is 124 Å². The Balaban J connectivity index is 1.51. The molecule has 0 aromatic heterocycles. The number of carbonyl (C=O) groups excluding carboxylic acids is 2. The minimum absolute atomic E-state index is 0.149. The minimum atomic E-state index is -3.75. The number of carbonyl (C=O) groups is 2. The fraction of sp³-hybridized carbons (Fsp3) is 0.0370. The van der Waals surface area contributed by atoms with Crippen LogP contribution in [0.5, 0.6) is 0 Å². The third-order valence-corrected chi connectivity index (χ3v) is 7.13. The molecular weight excluding hydrogens is 528 g/mol. The van der Waals surface area contributed by atoms with E-state index < -0.39 is 15.9 Å². The molecule has 0 radical (unpaired) electrons. The molecule has 0 aliphatic rings. The lowest BCUT2D eigenvalue weighted by Gasteiger charge is -2.12. The molecule has 0 saturated carbocycles. The van der Waals surface area contributed by atoms with Crippen LogP contribution in [0, 0.1) is 6.92 Å². The predicted octanol–water partition coefficient (Wildman–Crippen LogP) is 6.04. The third-order valence-electron chi connectivity index (χ3n) is 5.24. The molecule has 35 heavy (non-hydrogen) atoms. The van der Waals surface area contributed by atoms with E-state index in [1.165, 1.54) is 36.4 Å². The van der Waals surface area contributed by atoms with Crippen LogP contribution in [0.15, 0.2) is 106 Å². The van der Waals surface area contributed by atoms with Crippen molar-refractivity contribution in [2.45, 2.75) is 11.8 Å². The molecule has 1 amide bonds. The van der Waals surface area contributed by atoms with Crippen molar-refractivity contribution in [2.75, 3.05) is 10.0 Å². The Morgan fingerprint density at radius 3 is 2.09 bits per heavy atom. The number of ketones is 1. The van der Waals surface area contributed by atoms with Gasteiger partial charge in [-0.25, -0.2) is 8.42 Å². The van der Waals surface area contributed by atoms with Crippen LogP contribution < -0.4 is 10.0 Å². The molecule has 176 valence electrons. The Kier molecular flexibility index (Phi) is 7.14. The van der Waals surface area contributed by atoms with Crippen molar-refractivity contribution in [3.8, 4) is 0 Å². The zero-order valence-corrected chi connectivity index (χ0v) is 21.1. The first kappa shape index (κ1) is 24.4. The summed E-state index contributed by atoms with van der Waals surface area (Å²) < 4.78 is 28.4. The van der Waals surface area contributed by atoms with Crippen LogP contribution in [0.25, 0.3) is 0 Å². The highest BCUT2D eigenvalue weighted by atomic mass is 79.9. The summed E-state index contributed by atoms with van der Waals surface area (Å²) >= 11 is 3.38. The number of nitrogens with one attached hydrogen (secondary N) is 2. The normalized spacial score (nSPS) is 11.0. The Morgan fingerprint density at radius 1 is 0.771 bits per heavy atom. The molecule has 0 atom stereocenters. The zero-order chi connectivity index (χ0) is 25.0. The Bertz CT molecular complexity index is 1480. The van der Waals surface area contributed by atoms with Gasteiger partial charge in [0.1, 0.15) is 0 Å². The molecule has 0 unspecified atom stereocenters. The molecule has 8 heteroatoms. The zero-order valence-electron chi connectivity index (χ0n) is 18.7. The fourth-order valence-electron chi connectivity index (χ4n) is 3.37. The molecule has 0 aliphatic heterocycles. The van der Waals surface area contributed by atoms with E-state index in [-0.39, 0.29) is 10.7 Å². The number of hydrogen-bond acceptors (Lipinski definition) is 4. The molecule has 0 heterocycles. The van der Waals surface area contributed by atoms with Gasteiger partial charge in [-0.2, -0.15) is 0 Å². The largest absolute Gasteiger partial charge is 0.321 e. The van der Waals surface area contributed by atoms with E-state index in [0.29, 0.717) is 32.5 Å². The number of benzene rings is 4. The van der Waals surface area contributed by atoms with Crippen LogP contribution in [0.3, 0.4) is 0 Å². The van der Waals surface area contributed by atoms with Crippen molar-refractivity contribution in [3.63, 3.8) is 0 Å². The molecule has 0 saturated heterocycles. The minimum Gasteiger partial charge on any atom is -0.321 e. The molecule has 6 nitrogen and oxygen atoms in total. The van der Waals surface area contributed by atoms with E-state index in [1.54, 1.807) is 54.6 Å². The maximum atomic E-state index is 13.0. The molecule has 4 rings (SSSR count). The van der Waals surface area contributed by atoms with Crippen LogP contribution in [0.4, 0.5) is 11.4 Å². The van der Waals surface area contributed by atoms with Crippen LogP contribution in [-0.2, 0) is 10.0 Å². The molecule has 0 aliphatic carbocycles. The lowest BCUT2D eigenvalue weighted by atomic mass is 10.0. The summed E-state index contributed by atoms with van der Waals surface area (Å²) in [4.78, 5) is 26.0. The van der Waals surface area contributed by atoms with E-state index in [2.05, 4.69) is 26.0 Å². The quantitative estimate of drug-likeness (QED) is 0.275. The van der Waals surface area contributed by atoms with Gasteiger partial charge in [0.25, 0.3) is 15.9 Å². The van der Waals surface area contributed by atoms with Crippen molar-refractivity contribution >= 4 is 49.0 Å². The van der Waals surface area contributed by atoms with Gasteiger partial charge in [0, 0.05) is 26.9 Å². The molecular formula is C27H21BrN2O4S. The van der Waals surface area contributed by atoms with Gasteiger partial charge in [0.15, 0.2) is 5.78 Å². The predicted molar refractivity (Wildman–Crippen MR) is 140 cm³/mol. The summed E-state index contributed by atoms with van der Waals surface area (Å²) in [5.74, 6) is -0.648. The summed E-state index contributed by atoms with van der Waals surface area (Å²) in [6.07, 6.45) is 0. The molecule has 4 aromatic rings. The highest BCUT2D eigenvalue weighted by molar-refractivity contribution is 9.10. The SMILES string of the molecule is Cc1ccc(S(=O)(=O)Nc2ccc(C(=O)Nc3ccc(Br)cc3C(=O)c3ccccc3)cc2)cc1. The van der Waals surface area contributed by atoms with Crippen molar-refractivity contribution < 1.29 is 18.0 Å². The summed E-state index contributed by atoms with van der Waals surface area (Å²) in [5, 5.41) is 2.78. The van der Waals surface area contributed by atoms with Crippen molar-refractivity contribution in [1.29, 1.82) is 0 Å². The Morgan fingerprint density at radius 2 is 1.43 bits per heavy atom. The number of halogens is 1. The van der Waals surface area contributed by atoms with Gasteiger partial charge < -0.3 is 5.32 Å². The van der Waals surface area contributed by atoms with Crippen LogP contribution in [0.2, 0.25) is 0 Å². The molecule has 0 fully saturated rings. The summed E-state index contributed by atoms with van der Waals surface area (Å²) in [7, 11) is -3.75. The highest BCUT2D eigenvalue weighted by Crippen LogP contribution is 2.25. The number of anilines is 2. The van der Waals surface area contributed by atoms with Crippen LogP contribution >= 0.6 is 15.9 Å². The van der Waals surface area contributed by atoms with Crippen LogP contribution in [-0.4, -0.2) is 20.1 Å². The lowest BCUT2D eigenvalue weighted by molar-refractivity contribution is 0.102. The monoisotopic (exact) mass is 548 g/mol. The standard InChI is InChI=1S/C27H21BrN2O4S/c1-18-7-14-23(15-8-18)35(33,34)30-22-12-9-20(10-13-22)27(32)29-25-16-11-21(28)17-24(25)26(31)19-5-3-2-4-6-19/h2-17,30H,1H3,(H,29,32). The Hall–Kier alpha value is -3.75. The summed E-state index contributed by atoms with van der Waals surface area (Å²) in [6, 6.07) is 26.4. The van der Waals surface area contributed by atoms with E-state index in [9.17, 15) is 18.0 Å². The average Bonchev–Trinajstić information content (AvgIpc) is 2.85. The fourth-order valence-corrected chi connectivity index (χ4v) is 4.79. The van der Waals surface area contributed by atoms with E-state index in [0.717, 1.165) is 5.56 Å². The second kappa shape index (κ2) is 10.2. The third kappa shape index (κ3) is 5.85. The molecule has 0 spiro atoms. The van der Waals surface area contributed by atoms with Crippen LogP contribution in [0.1, 0.15) is 31.8 Å². The molecule has 0 bridgehead atoms. The first-order valence-electron chi connectivity index (χ1n) is 10.6. The van der Waals surface area contributed by atoms with Gasteiger partial charge in [-0.15, -0.1) is 0 Å². The summed E-state index contributed by atoms with van der Waals surface area (Å²) in [5.41, 5.74) is 2.82. The number of aryl methyl sites for hydroxylation is 1. The number of rotatable bonds is 7. The second-order valence-corrected chi connectivity index (χ2v) is 10.4. The van der Waals surface area contributed by atoms with Gasteiger partial charge in [-0.3, -0.25) is 14.3 Å². The van der Waals surface area contributed by atoms with Gasteiger partial charge in [-0.1, -0.05) is 64.0 Å². The number of sulfonamides is 1. The van der Waals surface area contributed by atoms with Gasteiger partial charge in [0.05, 0.1) is 10.6 Å². The van der Waals surface area contributed by atoms with E-state index in [4.69, 9.17) is 0 Å². The topological polar surface area (TPSA) is 92.3 Å². The van der Waals surface area contributed by atoms with Gasteiger partial charge in [0.2, 0.25) is 0 Å². The maximum absolute atomic E-state index is 13.0. The summed E-state index contributed by atoms with van der Waals surface area (Å²) in [6.45, 7) is 1.88. The number of amides is 1. The van der Waals surface area contributed by atoms with E-state index in [1.807, 2.05) is 13.0 Å². The lowest BCUT2D eigenvalue weighted by Crippen LogP contribution is -2.16. The van der Waals surface area contributed by atoms with Crippen molar-refractivity contribution in [2.24, 2.45) is 0 Å².